The monoisotopic (exact) mass is 460 g/mol. The number of halogens is 1. The minimum atomic E-state index is -0.138. The number of fused-ring (bicyclic) bond motifs is 1. The molecule has 0 atom stereocenters. The molecule has 0 aliphatic heterocycles. The van der Waals surface area contributed by atoms with Gasteiger partial charge in [0, 0.05) is 35.1 Å². The van der Waals surface area contributed by atoms with E-state index in [2.05, 4.69) is 15.2 Å². The smallest absolute Gasteiger partial charge is 0.221 e. The molecule has 0 fully saturated rings. The lowest BCUT2D eigenvalue weighted by Gasteiger charge is -2.11. The van der Waals surface area contributed by atoms with Crippen LogP contribution in [-0.4, -0.2) is 40.7 Å². The van der Waals surface area contributed by atoms with Crippen molar-refractivity contribution in [1.29, 1.82) is 0 Å². The molecule has 33 heavy (non-hydrogen) atoms. The van der Waals surface area contributed by atoms with E-state index >= 15 is 0 Å². The van der Waals surface area contributed by atoms with Gasteiger partial charge in [0.2, 0.25) is 5.91 Å². The first-order chi connectivity index (χ1) is 15.8. The molecule has 168 valence electrons. The van der Waals surface area contributed by atoms with Crippen molar-refractivity contribution in [3.05, 3.63) is 88.4 Å². The lowest BCUT2D eigenvalue weighted by atomic mass is 10.0. The van der Waals surface area contributed by atoms with Gasteiger partial charge in [0.25, 0.3) is 0 Å². The average molecular weight is 461 g/mol. The quantitative estimate of drug-likeness (QED) is 0.322. The van der Waals surface area contributed by atoms with Crippen molar-refractivity contribution in [3.63, 3.8) is 0 Å². The van der Waals surface area contributed by atoms with Crippen LogP contribution >= 0.6 is 11.6 Å². The summed E-state index contributed by atoms with van der Waals surface area (Å²) in [5, 5.41) is 15.0. The summed E-state index contributed by atoms with van der Waals surface area (Å²) in [6.07, 6.45) is 0. The van der Waals surface area contributed by atoms with Crippen LogP contribution in [-0.2, 0) is 11.3 Å². The molecule has 1 heterocycles. The molecule has 6 nitrogen and oxygen atoms in total. The van der Waals surface area contributed by atoms with Gasteiger partial charge in [-0.15, -0.1) is 0 Å². The summed E-state index contributed by atoms with van der Waals surface area (Å²) in [4.78, 5) is 21.4. The molecule has 4 aromatic rings. The highest BCUT2D eigenvalue weighted by Crippen LogP contribution is 2.33. The largest absolute Gasteiger partial charge is 0.494 e. The molecule has 0 aliphatic rings. The number of benzene rings is 3. The maximum atomic E-state index is 11.4. The van der Waals surface area contributed by atoms with Gasteiger partial charge in [-0.1, -0.05) is 41.9 Å². The van der Waals surface area contributed by atoms with Crippen LogP contribution in [0.4, 0.5) is 11.4 Å². The number of H-pyrrole nitrogens is 1. The minimum Gasteiger partial charge on any atom is -0.494 e. The molecule has 7 heteroatoms. The predicted molar refractivity (Wildman–Crippen MR) is 135 cm³/mol. The molecule has 1 amide bonds. The van der Waals surface area contributed by atoms with Crippen LogP contribution in [0.15, 0.2) is 71.7 Å². The summed E-state index contributed by atoms with van der Waals surface area (Å²) in [6, 6.07) is 20.8. The maximum Gasteiger partial charge on any atom is 0.221 e. The van der Waals surface area contributed by atoms with E-state index in [0.717, 1.165) is 28.7 Å². The predicted octanol–water partition coefficient (Wildman–Crippen LogP) is 5.72. The summed E-state index contributed by atoms with van der Waals surface area (Å²) in [7, 11) is 4.06. The van der Waals surface area contributed by atoms with Crippen molar-refractivity contribution in [3.8, 4) is 5.88 Å². The molecular weight excluding hydrogens is 436 g/mol. The molecule has 0 saturated carbocycles. The zero-order valence-electron chi connectivity index (χ0n) is 18.7. The molecule has 0 aliphatic carbocycles. The number of hydrogen-bond donors (Lipinski definition) is 3. The second kappa shape index (κ2) is 9.48. The van der Waals surface area contributed by atoms with Gasteiger partial charge >= 0.3 is 0 Å². The zero-order chi connectivity index (χ0) is 23.5. The van der Waals surface area contributed by atoms with E-state index in [1.54, 1.807) is 12.1 Å². The number of nitrogens with one attached hydrogen (secondary N) is 2. The Kier molecular flexibility index (Phi) is 6.49. The summed E-state index contributed by atoms with van der Waals surface area (Å²) in [5.41, 5.74) is 5.35. The number of anilines is 1. The van der Waals surface area contributed by atoms with Crippen LogP contribution in [0.1, 0.15) is 23.6 Å². The summed E-state index contributed by atoms with van der Waals surface area (Å²) < 4.78 is 0. The number of nitrogens with zero attached hydrogens (tertiary/aromatic N) is 2. The zero-order valence-corrected chi connectivity index (χ0v) is 19.4. The topological polar surface area (TPSA) is 80.7 Å². The number of aromatic hydroxyl groups is 1. The van der Waals surface area contributed by atoms with Gasteiger partial charge in [-0.05, 0) is 56.1 Å². The van der Waals surface area contributed by atoms with Gasteiger partial charge in [-0.3, -0.25) is 4.79 Å². The van der Waals surface area contributed by atoms with Crippen molar-refractivity contribution < 1.29 is 9.90 Å². The first kappa shape index (κ1) is 22.6. The van der Waals surface area contributed by atoms with E-state index in [1.165, 1.54) is 12.5 Å². The molecule has 3 aromatic carbocycles. The van der Waals surface area contributed by atoms with Crippen molar-refractivity contribution in [2.24, 2.45) is 4.99 Å². The van der Waals surface area contributed by atoms with Crippen LogP contribution in [0, 0.1) is 0 Å². The summed E-state index contributed by atoms with van der Waals surface area (Å²) >= 11 is 6.15. The second-order valence-corrected chi connectivity index (χ2v) is 8.60. The highest BCUT2D eigenvalue weighted by molar-refractivity contribution is 6.31. The summed E-state index contributed by atoms with van der Waals surface area (Å²) in [5.74, 6) is -0.123. The number of amides is 1. The molecule has 0 unspecified atom stereocenters. The Hall–Kier alpha value is -3.61. The number of hydrogen-bond acceptors (Lipinski definition) is 4. The fourth-order valence-electron chi connectivity index (χ4n) is 3.74. The molecule has 4 rings (SSSR count). The molecule has 0 saturated heterocycles. The van der Waals surface area contributed by atoms with Crippen molar-refractivity contribution in [2.45, 2.75) is 13.5 Å². The van der Waals surface area contributed by atoms with E-state index in [9.17, 15) is 9.90 Å². The number of rotatable bonds is 6. The van der Waals surface area contributed by atoms with Crippen molar-refractivity contribution in [1.82, 2.24) is 9.88 Å². The number of aliphatic imine (C=N–C) groups is 1. The third-order valence-corrected chi connectivity index (χ3v) is 5.37. The van der Waals surface area contributed by atoms with Crippen LogP contribution in [0.3, 0.4) is 0 Å². The van der Waals surface area contributed by atoms with E-state index in [1.807, 2.05) is 68.7 Å². The Morgan fingerprint density at radius 1 is 1.06 bits per heavy atom. The Balaban J connectivity index is 1.84. The molecular formula is C26H25ClN4O2. The van der Waals surface area contributed by atoms with Gasteiger partial charge in [-0.25, -0.2) is 4.99 Å². The maximum absolute atomic E-state index is 11.4. The fourth-order valence-corrected chi connectivity index (χ4v) is 3.92. The number of aromatic nitrogens is 1. The van der Waals surface area contributed by atoms with Crippen LogP contribution in [0.25, 0.3) is 10.9 Å². The third-order valence-electron chi connectivity index (χ3n) is 5.13. The number of aromatic amines is 1. The lowest BCUT2D eigenvalue weighted by Crippen LogP contribution is -2.10. The molecule has 0 radical (unpaired) electrons. The van der Waals surface area contributed by atoms with Crippen molar-refractivity contribution in [2.75, 3.05) is 19.4 Å². The molecule has 0 bridgehead atoms. The first-order valence-electron chi connectivity index (χ1n) is 10.5. The van der Waals surface area contributed by atoms with Crippen LogP contribution < -0.4 is 5.32 Å². The Morgan fingerprint density at radius 2 is 1.76 bits per heavy atom. The van der Waals surface area contributed by atoms with Crippen LogP contribution in [0.2, 0.25) is 5.02 Å². The highest BCUT2D eigenvalue weighted by Gasteiger charge is 2.19. The van der Waals surface area contributed by atoms with Crippen LogP contribution in [0.5, 0.6) is 5.88 Å². The molecule has 3 N–H and O–H groups in total. The van der Waals surface area contributed by atoms with Gasteiger partial charge in [0.05, 0.1) is 22.5 Å². The van der Waals surface area contributed by atoms with Gasteiger partial charge in [0.1, 0.15) is 0 Å². The SMILES string of the molecule is CC(=O)Nc1ccc(C(=Nc2ccc(CN(C)C)cc2)c2c(O)[nH]c3cc(Cl)ccc23)cc1. The van der Waals surface area contributed by atoms with Gasteiger partial charge < -0.3 is 20.3 Å². The lowest BCUT2D eigenvalue weighted by molar-refractivity contribution is -0.114. The fraction of sp³-hybridized carbons (Fsp3) is 0.154. The highest BCUT2D eigenvalue weighted by atomic mass is 35.5. The van der Waals surface area contributed by atoms with E-state index in [-0.39, 0.29) is 11.8 Å². The minimum absolute atomic E-state index is 0.0150. The normalized spacial score (nSPS) is 11.8. The Morgan fingerprint density at radius 3 is 2.39 bits per heavy atom. The summed E-state index contributed by atoms with van der Waals surface area (Å²) in [6.45, 7) is 2.31. The average Bonchev–Trinajstić information content (AvgIpc) is 3.07. The first-order valence-corrected chi connectivity index (χ1v) is 10.9. The van der Waals surface area contributed by atoms with E-state index in [4.69, 9.17) is 16.6 Å². The van der Waals surface area contributed by atoms with E-state index < -0.39 is 0 Å². The van der Waals surface area contributed by atoms with Crippen molar-refractivity contribution >= 4 is 45.5 Å². The standard InChI is InChI=1S/C26H25ClN4O2/c1-16(32)28-20-11-6-18(7-12-20)25(29-21-9-4-17(5-10-21)15-31(2)3)24-22-13-8-19(27)14-23(22)30-26(24)33/h4-14,30,33H,15H2,1-3H3,(H,28,32). The van der Waals surface area contributed by atoms with Gasteiger partial charge in [-0.2, -0.15) is 0 Å². The Labute approximate surface area is 197 Å². The number of carbonyl (C=O) groups excluding carboxylic acids is 1. The van der Waals surface area contributed by atoms with E-state index in [0.29, 0.717) is 22.0 Å². The molecule has 0 spiro atoms. The van der Waals surface area contributed by atoms with Gasteiger partial charge in [0.15, 0.2) is 5.88 Å². The second-order valence-electron chi connectivity index (χ2n) is 8.16. The molecule has 1 aromatic heterocycles. The number of carbonyl (C=O) groups is 1. The Bertz CT molecular complexity index is 1320. The third kappa shape index (κ3) is 5.25.